The van der Waals surface area contributed by atoms with Crippen molar-refractivity contribution < 1.29 is 9.90 Å². The Kier molecular flexibility index (Phi) is 17.9. The van der Waals surface area contributed by atoms with Gasteiger partial charge >= 0.3 is 5.97 Å². The number of hydrogen-bond donors (Lipinski definition) is 1. The fourth-order valence-electron chi connectivity index (χ4n) is 2.68. The number of carbonyl (C=O) groups is 1. The van der Waals surface area contributed by atoms with Crippen molar-refractivity contribution in [1.82, 2.24) is 0 Å². The van der Waals surface area contributed by atoms with E-state index in [9.17, 15) is 4.79 Å². The monoisotopic (exact) mass is 488 g/mol. The van der Waals surface area contributed by atoms with Gasteiger partial charge < -0.3 is 5.11 Å². The zero-order chi connectivity index (χ0) is 19.9. The lowest BCUT2D eigenvalue weighted by atomic mass is 10.0. The summed E-state index contributed by atoms with van der Waals surface area (Å²) in [4.78, 5) is 10.9. The third-order valence-electron chi connectivity index (χ3n) is 4.33. The van der Waals surface area contributed by atoms with Gasteiger partial charge in [-0.25, -0.2) is 0 Å². The largest absolute Gasteiger partial charge is 0.480 e. The van der Waals surface area contributed by atoms with Gasteiger partial charge in [0.1, 0.15) is 5.38 Å². The first-order valence-electron chi connectivity index (χ1n) is 9.32. The molecule has 0 aromatic rings. The molecule has 0 spiro atoms. The molecule has 0 heterocycles. The van der Waals surface area contributed by atoms with Crippen molar-refractivity contribution in [3.05, 3.63) is 0 Å². The van der Waals surface area contributed by atoms with Crippen molar-refractivity contribution in [2.75, 3.05) is 5.88 Å². The topological polar surface area (TPSA) is 37.3 Å². The summed E-state index contributed by atoms with van der Waals surface area (Å²) in [7, 11) is 0. The number of rotatable bonds is 17. The van der Waals surface area contributed by atoms with Crippen LogP contribution in [-0.2, 0) is 4.79 Å². The van der Waals surface area contributed by atoms with E-state index in [1.165, 1.54) is 44.9 Å². The molecule has 0 aliphatic rings. The van der Waals surface area contributed by atoms with E-state index in [1.807, 2.05) is 0 Å². The Morgan fingerprint density at radius 3 is 1.50 bits per heavy atom. The minimum absolute atomic E-state index is 0.361. The van der Waals surface area contributed by atoms with Crippen LogP contribution in [0.3, 0.4) is 0 Å². The van der Waals surface area contributed by atoms with Gasteiger partial charge in [0.2, 0.25) is 0 Å². The molecule has 2 nitrogen and oxygen atoms in total. The summed E-state index contributed by atoms with van der Waals surface area (Å²) in [5, 5.41) is 4.81. The van der Waals surface area contributed by atoms with E-state index in [4.69, 9.17) is 74.7 Å². The normalized spacial score (nSPS) is 17.5. The average molecular weight is 491 g/mol. The first-order valence-corrected chi connectivity index (χ1v) is 12.0. The van der Waals surface area contributed by atoms with Crippen molar-refractivity contribution in [1.29, 1.82) is 0 Å². The van der Waals surface area contributed by atoms with E-state index in [0.717, 1.165) is 31.6 Å². The van der Waals surface area contributed by atoms with Crippen molar-refractivity contribution in [3.63, 3.8) is 0 Å². The Balaban J connectivity index is 3.75. The van der Waals surface area contributed by atoms with Crippen LogP contribution >= 0.6 is 69.6 Å². The molecule has 0 saturated carbocycles. The second kappa shape index (κ2) is 17.1. The molecule has 5 unspecified atom stereocenters. The Hall–Kier alpha value is 1.21. The number of hydrogen-bond acceptors (Lipinski definition) is 1. The Morgan fingerprint density at radius 2 is 1.08 bits per heavy atom. The summed E-state index contributed by atoms with van der Waals surface area (Å²) in [5.41, 5.74) is 0. The molecule has 0 aliphatic heterocycles. The average Bonchev–Trinajstić information content (AvgIpc) is 2.63. The summed E-state index contributed by atoms with van der Waals surface area (Å²) in [6, 6.07) is 0. The highest BCUT2D eigenvalue weighted by atomic mass is 35.5. The molecule has 1 N–H and O–H groups in total. The van der Waals surface area contributed by atoms with Crippen LogP contribution in [0.2, 0.25) is 0 Å². The number of aliphatic carboxylic acids is 1. The van der Waals surface area contributed by atoms with Gasteiger partial charge in [0.05, 0.1) is 21.5 Å². The SMILES string of the molecule is O=C(O)C(Cl)C(Cl)C(Cl)C(Cl)C(Cl)CCCCCCCCCCCCCl. The molecule has 0 rings (SSSR count). The molecule has 8 heteroatoms. The third-order valence-corrected chi connectivity index (χ3v) is 7.71. The molecule has 0 aromatic heterocycles. The molecule has 0 bridgehead atoms. The van der Waals surface area contributed by atoms with Gasteiger partial charge in [-0.2, -0.15) is 0 Å². The highest BCUT2D eigenvalue weighted by Gasteiger charge is 2.36. The molecule has 0 saturated heterocycles. The van der Waals surface area contributed by atoms with E-state index < -0.39 is 27.5 Å². The molecule has 0 aliphatic carbocycles. The molecule has 26 heavy (non-hydrogen) atoms. The maximum Gasteiger partial charge on any atom is 0.323 e. The zero-order valence-corrected chi connectivity index (χ0v) is 19.5. The van der Waals surface area contributed by atoms with Gasteiger partial charge in [-0.15, -0.1) is 69.6 Å². The van der Waals surface area contributed by atoms with E-state index in [-0.39, 0.29) is 5.38 Å². The summed E-state index contributed by atoms with van der Waals surface area (Å²) in [5.74, 6) is -0.446. The van der Waals surface area contributed by atoms with Crippen molar-refractivity contribution in [2.45, 2.75) is 97.5 Å². The van der Waals surface area contributed by atoms with Crippen molar-refractivity contribution in [3.8, 4) is 0 Å². The first-order chi connectivity index (χ1) is 12.3. The number of halogens is 6. The second-order valence-electron chi connectivity index (χ2n) is 6.60. The Labute approximate surface area is 188 Å². The predicted octanol–water partition coefficient (Wildman–Crippen LogP) is 7.64. The molecular weight excluding hydrogens is 461 g/mol. The lowest BCUT2D eigenvalue weighted by Gasteiger charge is -2.25. The van der Waals surface area contributed by atoms with Gasteiger partial charge in [-0.3, -0.25) is 4.79 Å². The van der Waals surface area contributed by atoms with E-state index in [2.05, 4.69) is 0 Å². The van der Waals surface area contributed by atoms with Gasteiger partial charge in [-0.1, -0.05) is 57.8 Å². The fraction of sp³-hybridized carbons (Fsp3) is 0.944. The minimum Gasteiger partial charge on any atom is -0.480 e. The standard InChI is InChI=1S/C18H30Cl6O2/c19-12-10-8-6-4-2-1-3-5-7-9-11-13(20)14(21)15(22)16(23)17(24)18(25)26/h13-17H,1-12H2,(H,25,26). The van der Waals surface area contributed by atoms with Gasteiger partial charge in [0.15, 0.2) is 0 Å². The smallest absolute Gasteiger partial charge is 0.323 e. The second-order valence-corrected chi connectivity index (χ2v) is 9.52. The number of carboxylic acids is 1. The third kappa shape index (κ3) is 12.6. The van der Waals surface area contributed by atoms with Crippen molar-refractivity contribution >= 4 is 75.6 Å². The molecule has 0 radical (unpaired) electrons. The van der Waals surface area contributed by atoms with Crippen LogP contribution in [0.25, 0.3) is 0 Å². The van der Waals surface area contributed by atoms with Crippen LogP contribution in [0.15, 0.2) is 0 Å². The van der Waals surface area contributed by atoms with Crippen LogP contribution in [0.5, 0.6) is 0 Å². The molecule has 5 atom stereocenters. The summed E-state index contributed by atoms with van der Waals surface area (Å²) >= 11 is 36.1. The first kappa shape index (κ1) is 27.2. The van der Waals surface area contributed by atoms with Crippen LogP contribution < -0.4 is 0 Å². The van der Waals surface area contributed by atoms with Crippen LogP contribution in [0, 0.1) is 0 Å². The molecule has 156 valence electrons. The molecule has 0 amide bonds. The van der Waals surface area contributed by atoms with Gasteiger partial charge in [0, 0.05) is 5.88 Å². The maximum atomic E-state index is 10.9. The van der Waals surface area contributed by atoms with Crippen LogP contribution in [0.4, 0.5) is 0 Å². The number of carboxylic acid groups (broad SMARTS) is 1. The fourth-order valence-corrected chi connectivity index (χ4v) is 4.43. The van der Waals surface area contributed by atoms with E-state index in [1.54, 1.807) is 0 Å². The van der Waals surface area contributed by atoms with Gasteiger partial charge in [0.25, 0.3) is 0 Å². The van der Waals surface area contributed by atoms with Crippen LogP contribution in [-0.4, -0.2) is 43.8 Å². The van der Waals surface area contributed by atoms with Crippen LogP contribution in [0.1, 0.15) is 70.6 Å². The Bertz CT molecular complexity index is 359. The Morgan fingerprint density at radius 1 is 0.654 bits per heavy atom. The highest BCUT2D eigenvalue weighted by Crippen LogP contribution is 2.30. The van der Waals surface area contributed by atoms with E-state index in [0.29, 0.717) is 0 Å². The van der Waals surface area contributed by atoms with E-state index >= 15 is 0 Å². The summed E-state index contributed by atoms with van der Waals surface area (Å²) < 4.78 is 0. The van der Waals surface area contributed by atoms with Crippen molar-refractivity contribution in [2.24, 2.45) is 0 Å². The zero-order valence-electron chi connectivity index (χ0n) is 15.0. The number of alkyl halides is 6. The lowest BCUT2D eigenvalue weighted by Crippen LogP contribution is -2.40. The number of unbranched alkanes of at least 4 members (excludes halogenated alkanes) is 9. The molecular formula is C18H30Cl6O2. The summed E-state index contributed by atoms with van der Waals surface area (Å²) in [6.45, 7) is 0. The maximum absolute atomic E-state index is 10.9. The lowest BCUT2D eigenvalue weighted by molar-refractivity contribution is -0.136. The summed E-state index contributed by atoms with van der Waals surface area (Å²) in [6.07, 6.45) is 12.7. The highest BCUT2D eigenvalue weighted by molar-refractivity contribution is 6.42. The van der Waals surface area contributed by atoms with Gasteiger partial charge in [-0.05, 0) is 12.8 Å². The quantitative estimate of drug-likeness (QED) is 0.168. The minimum atomic E-state index is -1.29. The molecule has 0 aromatic carbocycles. The predicted molar refractivity (Wildman–Crippen MR) is 117 cm³/mol. The molecule has 0 fully saturated rings.